The maximum atomic E-state index is 12.9. The van der Waals surface area contributed by atoms with E-state index in [1.165, 1.54) is 38.2 Å². The van der Waals surface area contributed by atoms with Crippen molar-refractivity contribution in [3.8, 4) is 0 Å². The van der Waals surface area contributed by atoms with E-state index in [4.69, 9.17) is 4.74 Å². The summed E-state index contributed by atoms with van der Waals surface area (Å²) in [6.45, 7) is 3.84. The quantitative estimate of drug-likeness (QED) is 0.544. The number of anilines is 1. The molecule has 8 nitrogen and oxygen atoms in total. The van der Waals surface area contributed by atoms with Gasteiger partial charge in [-0.2, -0.15) is 0 Å². The van der Waals surface area contributed by atoms with Crippen LogP contribution in [-0.4, -0.2) is 53.7 Å². The van der Waals surface area contributed by atoms with E-state index >= 15 is 0 Å². The van der Waals surface area contributed by atoms with E-state index in [1.807, 2.05) is 0 Å². The summed E-state index contributed by atoms with van der Waals surface area (Å²) in [5, 5.41) is 2.53. The van der Waals surface area contributed by atoms with Crippen LogP contribution in [-0.2, 0) is 14.3 Å². The van der Waals surface area contributed by atoms with Crippen LogP contribution in [0.3, 0.4) is 0 Å². The Kier molecular flexibility index (Phi) is 6.87. The molecule has 0 saturated carbocycles. The number of carbonyl (C=O) groups is 4. The van der Waals surface area contributed by atoms with Crippen LogP contribution in [0.5, 0.6) is 0 Å². The molecule has 29 heavy (non-hydrogen) atoms. The lowest BCUT2D eigenvalue weighted by molar-refractivity contribution is -0.136. The predicted molar refractivity (Wildman–Crippen MR) is 103 cm³/mol. The molecule has 0 aliphatic rings. The van der Waals surface area contributed by atoms with Crippen molar-refractivity contribution < 1.29 is 28.3 Å². The van der Waals surface area contributed by atoms with Gasteiger partial charge in [-0.3, -0.25) is 14.4 Å². The van der Waals surface area contributed by atoms with Crippen molar-refractivity contribution in [3.63, 3.8) is 0 Å². The average molecular weight is 403 g/mol. The van der Waals surface area contributed by atoms with E-state index < -0.39 is 30.2 Å². The molecule has 0 bridgehead atoms. The molecule has 0 unspecified atom stereocenters. The molecule has 2 rings (SSSR count). The average Bonchev–Trinajstić information content (AvgIpc) is 2.95. The van der Waals surface area contributed by atoms with E-state index in [-0.39, 0.29) is 18.0 Å². The Balaban J connectivity index is 1.89. The monoisotopic (exact) mass is 403 g/mol. The van der Waals surface area contributed by atoms with Crippen molar-refractivity contribution in [2.45, 2.75) is 20.8 Å². The highest BCUT2D eigenvalue weighted by atomic mass is 19.1. The highest BCUT2D eigenvalue weighted by Crippen LogP contribution is 2.19. The second kappa shape index (κ2) is 9.13. The third-order valence-corrected chi connectivity index (χ3v) is 4.25. The van der Waals surface area contributed by atoms with Crippen LogP contribution in [0.25, 0.3) is 0 Å². The van der Waals surface area contributed by atoms with Crippen LogP contribution in [0.4, 0.5) is 10.1 Å². The lowest BCUT2D eigenvalue weighted by Crippen LogP contribution is -2.37. The van der Waals surface area contributed by atoms with Gasteiger partial charge in [-0.25, -0.2) is 9.18 Å². The molecule has 154 valence electrons. The number of ether oxygens (including phenoxy) is 1. The first-order valence-electron chi connectivity index (χ1n) is 8.76. The van der Waals surface area contributed by atoms with Crippen LogP contribution in [0.2, 0.25) is 0 Å². The zero-order valence-corrected chi connectivity index (χ0v) is 16.6. The van der Waals surface area contributed by atoms with Crippen LogP contribution in [0.15, 0.2) is 24.3 Å². The Bertz CT molecular complexity index is 950. The van der Waals surface area contributed by atoms with Crippen molar-refractivity contribution >= 4 is 29.3 Å². The topological polar surface area (TPSA) is 109 Å². The summed E-state index contributed by atoms with van der Waals surface area (Å²) in [5.74, 6) is -2.45. The summed E-state index contributed by atoms with van der Waals surface area (Å²) in [6.07, 6.45) is 0. The minimum Gasteiger partial charge on any atom is -0.451 e. The fourth-order valence-corrected chi connectivity index (χ4v) is 2.83. The van der Waals surface area contributed by atoms with Gasteiger partial charge in [0.05, 0.1) is 6.54 Å². The Labute approximate surface area is 167 Å². The summed E-state index contributed by atoms with van der Waals surface area (Å²) in [4.78, 5) is 51.9. The second-order valence-corrected chi connectivity index (χ2v) is 6.56. The number of aryl methyl sites for hydroxylation is 1. The van der Waals surface area contributed by atoms with Gasteiger partial charge in [0.25, 0.3) is 5.91 Å². The molecule has 2 aromatic rings. The summed E-state index contributed by atoms with van der Waals surface area (Å²) in [6, 6.07) is 5.19. The van der Waals surface area contributed by atoms with Crippen molar-refractivity contribution in [2.75, 3.05) is 25.5 Å². The Hall–Kier alpha value is -3.49. The Morgan fingerprint density at radius 3 is 2.31 bits per heavy atom. The van der Waals surface area contributed by atoms with E-state index in [9.17, 15) is 23.6 Å². The van der Waals surface area contributed by atoms with Crippen LogP contribution in [0.1, 0.15) is 39.0 Å². The number of nitrogens with zero attached hydrogens (tertiary/aromatic N) is 1. The highest BCUT2D eigenvalue weighted by molar-refractivity contribution is 6.01. The van der Waals surface area contributed by atoms with Crippen molar-refractivity contribution in [2.24, 2.45) is 0 Å². The second-order valence-electron chi connectivity index (χ2n) is 6.56. The van der Waals surface area contributed by atoms with Crippen LogP contribution in [0, 0.1) is 19.7 Å². The van der Waals surface area contributed by atoms with Gasteiger partial charge in [-0.15, -0.1) is 0 Å². The number of hydrogen-bond acceptors (Lipinski definition) is 5. The summed E-state index contributed by atoms with van der Waals surface area (Å²) >= 11 is 0. The number of likely N-dealkylation sites (N-methyl/N-ethyl adjacent to an activating group) is 1. The third-order valence-electron chi connectivity index (χ3n) is 4.25. The number of aromatic amines is 1. The lowest BCUT2D eigenvalue weighted by Gasteiger charge is -2.16. The highest BCUT2D eigenvalue weighted by Gasteiger charge is 2.22. The molecule has 0 fully saturated rings. The molecule has 2 amide bonds. The standard InChI is InChI=1S/C20H22FN3O5/c1-11-18(13(3)25)12(2)22-19(11)20(28)29-10-17(27)24(4)9-16(26)23-15-7-5-14(21)6-8-15/h5-8,22H,9-10H2,1-4H3,(H,23,26). The molecule has 0 aliphatic heterocycles. The van der Waals surface area contributed by atoms with Crippen molar-refractivity contribution in [1.29, 1.82) is 0 Å². The summed E-state index contributed by atoms with van der Waals surface area (Å²) in [7, 11) is 1.39. The number of esters is 1. The molecular weight excluding hydrogens is 381 g/mol. The van der Waals surface area contributed by atoms with E-state index in [0.29, 0.717) is 22.5 Å². The fourth-order valence-electron chi connectivity index (χ4n) is 2.83. The smallest absolute Gasteiger partial charge is 0.355 e. The summed E-state index contributed by atoms with van der Waals surface area (Å²) in [5.41, 5.74) is 1.92. The van der Waals surface area contributed by atoms with E-state index in [0.717, 1.165) is 4.90 Å². The molecule has 1 heterocycles. The molecular formula is C20H22FN3O5. The van der Waals surface area contributed by atoms with Gasteiger partial charge in [0, 0.05) is 24.0 Å². The van der Waals surface area contributed by atoms with Gasteiger partial charge in [0.1, 0.15) is 11.5 Å². The number of ketones is 1. The van der Waals surface area contributed by atoms with Crippen LogP contribution < -0.4 is 5.32 Å². The fraction of sp³-hybridized carbons (Fsp3) is 0.300. The third kappa shape index (κ3) is 5.50. The van der Waals surface area contributed by atoms with Gasteiger partial charge in [-0.05, 0) is 50.6 Å². The number of halogens is 1. The van der Waals surface area contributed by atoms with Gasteiger partial charge < -0.3 is 19.9 Å². The maximum absolute atomic E-state index is 12.9. The number of H-pyrrole nitrogens is 1. The van der Waals surface area contributed by atoms with E-state index in [2.05, 4.69) is 10.3 Å². The number of nitrogens with one attached hydrogen (secondary N) is 2. The normalized spacial score (nSPS) is 10.4. The maximum Gasteiger partial charge on any atom is 0.355 e. The number of aromatic nitrogens is 1. The first-order valence-corrected chi connectivity index (χ1v) is 8.76. The molecule has 0 aliphatic carbocycles. The van der Waals surface area contributed by atoms with Gasteiger partial charge in [-0.1, -0.05) is 0 Å². The molecule has 2 N–H and O–H groups in total. The molecule has 9 heteroatoms. The van der Waals surface area contributed by atoms with Crippen LogP contribution >= 0.6 is 0 Å². The first-order chi connectivity index (χ1) is 13.6. The number of benzene rings is 1. The first kappa shape index (κ1) is 21.8. The number of hydrogen-bond donors (Lipinski definition) is 2. The number of amides is 2. The molecule has 0 atom stereocenters. The summed E-state index contributed by atoms with van der Waals surface area (Å²) < 4.78 is 17.9. The zero-order valence-electron chi connectivity index (χ0n) is 16.6. The number of Topliss-reactive ketones (excluding diaryl/α,β-unsaturated/α-hetero) is 1. The number of carbonyl (C=O) groups excluding carboxylic acids is 4. The van der Waals surface area contributed by atoms with Crippen molar-refractivity contribution in [1.82, 2.24) is 9.88 Å². The minimum atomic E-state index is -0.768. The Morgan fingerprint density at radius 1 is 1.14 bits per heavy atom. The number of rotatable bonds is 7. The molecule has 0 saturated heterocycles. The molecule has 0 spiro atoms. The Morgan fingerprint density at radius 2 is 1.76 bits per heavy atom. The lowest BCUT2D eigenvalue weighted by atomic mass is 10.1. The van der Waals surface area contributed by atoms with E-state index in [1.54, 1.807) is 13.8 Å². The minimum absolute atomic E-state index is 0.109. The molecule has 1 aromatic heterocycles. The van der Waals surface area contributed by atoms with Gasteiger partial charge in [0.15, 0.2) is 12.4 Å². The van der Waals surface area contributed by atoms with Crippen molar-refractivity contribution in [3.05, 3.63) is 52.6 Å². The SMILES string of the molecule is CC(=O)c1c(C)[nH]c(C(=O)OCC(=O)N(C)CC(=O)Nc2ccc(F)cc2)c1C. The van der Waals surface area contributed by atoms with Gasteiger partial charge in [0.2, 0.25) is 5.91 Å². The predicted octanol–water partition coefficient (Wildman–Crippen LogP) is 2.23. The largest absolute Gasteiger partial charge is 0.451 e. The van der Waals surface area contributed by atoms with Gasteiger partial charge >= 0.3 is 5.97 Å². The zero-order chi connectivity index (χ0) is 21.7. The molecule has 1 aromatic carbocycles. The molecule has 0 radical (unpaired) electrons.